The average molecular weight is 308 g/mol. The van der Waals surface area contributed by atoms with Crippen molar-refractivity contribution >= 4 is 16.2 Å². The van der Waals surface area contributed by atoms with Crippen LogP contribution in [0.15, 0.2) is 0 Å². The first-order valence-electron chi connectivity index (χ1n) is 6.84. The Balaban J connectivity index is 2.45. The van der Waals surface area contributed by atoms with Crippen molar-refractivity contribution in [2.45, 2.75) is 32.8 Å². The normalized spacial score (nSPS) is 19.8. The molecule has 0 aromatic rings. The minimum absolute atomic E-state index is 0.179. The smallest absolute Gasteiger partial charge is 0.309 e. The first-order valence-corrected chi connectivity index (χ1v) is 8.28. The van der Waals surface area contributed by atoms with Gasteiger partial charge < -0.3 is 9.47 Å². The maximum absolute atomic E-state index is 12.1. The molecule has 1 heterocycles. The molecular formula is C12H24N2O5S. The molecule has 0 amide bonds. The number of methoxy groups -OCH3 is 1. The van der Waals surface area contributed by atoms with Crippen molar-refractivity contribution in [1.29, 1.82) is 0 Å². The van der Waals surface area contributed by atoms with E-state index in [1.54, 1.807) is 13.8 Å². The van der Waals surface area contributed by atoms with Crippen LogP contribution in [0.4, 0.5) is 0 Å². The highest BCUT2D eigenvalue weighted by Gasteiger charge is 2.31. The number of carbonyl (C=O) groups is 1. The van der Waals surface area contributed by atoms with Gasteiger partial charge in [-0.2, -0.15) is 17.4 Å². The van der Waals surface area contributed by atoms with Crippen molar-refractivity contribution in [2.24, 2.45) is 5.92 Å². The molecule has 1 aliphatic rings. The summed E-state index contributed by atoms with van der Waals surface area (Å²) in [6.45, 7) is 4.80. The number of carbonyl (C=O) groups excluding carboxylic acids is 1. The van der Waals surface area contributed by atoms with Crippen LogP contribution in [0.1, 0.15) is 26.7 Å². The van der Waals surface area contributed by atoms with Crippen LogP contribution in [0.5, 0.6) is 0 Å². The molecule has 0 aliphatic carbocycles. The van der Waals surface area contributed by atoms with Crippen molar-refractivity contribution in [3.63, 3.8) is 0 Å². The van der Waals surface area contributed by atoms with Gasteiger partial charge in [-0.1, -0.05) is 0 Å². The Morgan fingerprint density at radius 3 is 2.50 bits per heavy atom. The fourth-order valence-corrected chi connectivity index (χ4v) is 3.31. The van der Waals surface area contributed by atoms with Gasteiger partial charge in [-0.05, 0) is 26.7 Å². The lowest BCUT2D eigenvalue weighted by molar-refractivity contribution is -0.149. The van der Waals surface area contributed by atoms with Crippen molar-refractivity contribution < 1.29 is 22.7 Å². The fourth-order valence-electron chi connectivity index (χ4n) is 1.99. The summed E-state index contributed by atoms with van der Waals surface area (Å²) in [5.74, 6) is -0.426. The summed E-state index contributed by atoms with van der Waals surface area (Å²) in [5.41, 5.74) is 0. The molecule has 1 N–H and O–H groups in total. The largest absolute Gasteiger partial charge is 0.466 e. The van der Waals surface area contributed by atoms with E-state index in [-0.39, 0.29) is 24.5 Å². The van der Waals surface area contributed by atoms with Gasteiger partial charge in [0.05, 0.1) is 18.6 Å². The summed E-state index contributed by atoms with van der Waals surface area (Å²) in [6.07, 6.45) is 0.820. The summed E-state index contributed by atoms with van der Waals surface area (Å²) >= 11 is 0. The number of ether oxygens (including phenoxy) is 2. The molecule has 1 aliphatic heterocycles. The number of hydrogen-bond acceptors (Lipinski definition) is 5. The molecule has 1 atom stereocenters. The van der Waals surface area contributed by atoms with E-state index in [2.05, 4.69) is 4.72 Å². The number of hydrogen-bond donors (Lipinski definition) is 1. The van der Waals surface area contributed by atoms with Gasteiger partial charge in [-0.25, -0.2) is 0 Å². The number of rotatable bonds is 7. The predicted molar refractivity (Wildman–Crippen MR) is 74.3 cm³/mol. The zero-order chi connectivity index (χ0) is 15.2. The third-order valence-electron chi connectivity index (χ3n) is 3.37. The van der Waals surface area contributed by atoms with E-state index in [1.807, 2.05) is 0 Å². The van der Waals surface area contributed by atoms with Crippen LogP contribution >= 0.6 is 0 Å². The highest BCUT2D eigenvalue weighted by molar-refractivity contribution is 7.87. The molecule has 1 fully saturated rings. The maximum atomic E-state index is 12.1. The second kappa shape index (κ2) is 7.92. The zero-order valence-electron chi connectivity index (χ0n) is 12.3. The summed E-state index contributed by atoms with van der Waals surface area (Å²) in [6, 6.07) is 0. The van der Waals surface area contributed by atoms with E-state index in [4.69, 9.17) is 9.47 Å². The molecule has 1 saturated heterocycles. The molecular weight excluding hydrogens is 284 g/mol. The second-order valence-corrected chi connectivity index (χ2v) is 6.58. The Hall–Kier alpha value is -0.700. The average Bonchev–Trinajstić information content (AvgIpc) is 2.45. The van der Waals surface area contributed by atoms with Gasteiger partial charge in [-0.3, -0.25) is 4.79 Å². The van der Waals surface area contributed by atoms with Crippen LogP contribution in [-0.4, -0.2) is 58.1 Å². The Bertz CT molecular complexity index is 404. The fraction of sp³-hybridized carbons (Fsp3) is 0.917. The highest BCUT2D eigenvalue weighted by Crippen LogP contribution is 2.20. The lowest BCUT2D eigenvalue weighted by atomic mass is 9.98. The molecule has 0 bridgehead atoms. The van der Waals surface area contributed by atoms with Crippen molar-refractivity contribution in [3.05, 3.63) is 0 Å². The molecule has 20 heavy (non-hydrogen) atoms. The Kier molecular flexibility index (Phi) is 6.87. The highest BCUT2D eigenvalue weighted by atomic mass is 32.2. The van der Waals surface area contributed by atoms with E-state index in [9.17, 15) is 13.2 Å². The zero-order valence-corrected chi connectivity index (χ0v) is 13.1. The van der Waals surface area contributed by atoms with Crippen LogP contribution in [0.2, 0.25) is 0 Å². The third kappa shape index (κ3) is 5.01. The van der Waals surface area contributed by atoms with Gasteiger partial charge in [0.25, 0.3) is 10.2 Å². The van der Waals surface area contributed by atoms with Gasteiger partial charge in [0.2, 0.25) is 0 Å². The Labute approximate surface area is 120 Å². The molecule has 0 spiro atoms. The van der Waals surface area contributed by atoms with Crippen molar-refractivity contribution in [1.82, 2.24) is 9.03 Å². The van der Waals surface area contributed by atoms with E-state index < -0.39 is 10.2 Å². The number of piperidine rings is 1. The first kappa shape index (κ1) is 17.4. The van der Waals surface area contributed by atoms with E-state index in [0.29, 0.717) is 32.5 Å². The molecule has 118 valence electrons. The molecule has 0 aromatic heterocycles. The van der Waals surface area contributed by atoms with Gasteiger partial charge in [-0.15, -0.1) is 0 Å². The lowest BCUT2D eigenvalue weighted by Crippen LogP contribution is -2.47. The topological polar surface area (TPSA) is 84.9 Å². The quantitative estimate of drug-likeness (QED) is 0.676. The van der Waals surface area contributed by atoms with Crippen LogP contribution in [0.3, 0.4) is 0 Å². The van der Waals surface area contributed by atoms with E-state index >= 15 is 0 Å². The lowest BCUT2D eigenvalue weighted by Gasteiger charge is -2.30. The first-order chi connectivity index (χ1) is 9.40. The van der Waals surface area contributed by atoms with E-state index in [0.717, 1.165) is 0 Å². The summed E-state index contributed by atoms with van der Waals surface area (Å²) < 4.78 is 37.9. The molecule has 0 aromatic carbocycles. The molecule has 0 radical (unpaired) electrons. The van der Waals surface area contributed by atoms with Gasteiger partial charge in [0.15, 0.2) is 0 Å². The van der Waals surface area contributed by atoms with Crippen LogP contribution < -0.4 is 4.72 Å². The van der Waals surface area contributed by atoms with E-state index in [1.165, 1.54) is 11.4 Å². The molecule has 1 unspecified atom stereocenters. The standard InChI is InChI=1S/C12H24N2O5S/c1-4-19-12(15)11-5-7-14(8-6-11)20(16,17)13-9-10(2)18-3/h10-11,13H,4-9H2,1-3H3. The van der Waals surface area contributed by atoms with Crippen molar-refractivity contribution in [3.8, 4) is 0 Å². The predicted octanol–water partition coefficient (Wildman–Crippen LogP) is 0.131. The van der Waals surface area contributed by atoms with Gasteiger partial charge in [0.1, 0.15) is 0 Å². The SMILES string of the molecule is CCOC(=O)C1CCN(S(=O)(=O)NCC(C)OC)CC1. The number of nitrogens with zero attached hydrogens (tertiary/aromatic N) is 1. The molecule has 8 heteroatoms. The summed E-state index contributed by atoms with van der Waals surface area (Å²) in [5, 5.41) is 0. The van der Waals surface area contributed by atoms with Gasteiger partial charge >= 0.3 is 5.97 Å². The number of nitrogens with one attached hydrogen (secondary N) is 1. The summed E-state index contributed by atoms with van der Waals surface area (Å²) in [4.78, 5) is 11.6. The van der Waals surface area contributed by atoms with Crippen LogP contribution in [0, 0.1) is 5.92 Å². The Morgan fingerprint density at radius 1 is 1.40 bits per heavy atom. The van der Waals surface area contributed by atoms with Crippen LogP contribution in [0.25, 0.3) is 0 Å². The monoisotopic (exact) mass is 308 g/mol. The number of esters is 1. The minimum Gasteiger partial charge on any atom is -0.466 e. The van der Waals surface area contributed by atoms with Gasteiger partial charge in [0, 0.05) is 26.7 Å². The molecule has 1 rings (SSSR count). The molecule has 7 nitrogen and oxygen atoms in total. The minimum atomic E-state index is -3.50. The molecule has 0 saturated carbocycles. The maximum Gasteiger partial charge on any atom is 0.309 e. The second-order valence-electron chi connectivity index (χ2n) is 4.83. The summed E-state index contributed by atoms with van der Waals surface area (Å²) in [7, 11) is -1.97. The van der Waals surface area contributed by atoms with Crippen molar-refractivity contribution in [2.75, 3.05) is 33.4 Å². The van der Waals surface area contributed by atoms with Crippen LogP contribution in [-0.2, 0) is 24.5 Å². The Morgan fingerprint density at radius 2 is 2.00 bits per heavy atom. The third-order valence-corrected chi connectivity index (χ3v) is 4.95.